The van der Waals surface area contributed by atoms with Gasteiger partial charge in [0.15, 0.2) is 11.6 Å². The summed E-state index contributed by atoms with van der Waals surface area (Å²) >= 11 is 0. The molecule has 1 aromatic heterocycles. The molecular weight excluding hydrogens is 468 g/mol. The van der Waals surface area contributed by atoms with Gasteiger partial charge in [-0.1, -0.05) is 121 Å². The molecule has 1 atom stereocenters. The standard InChI is InChI=1S/C34H48N2O2/c1-4-6-7-8-10-13-25-38-33-26-35-34(36-27-33)31-18-16-29(17-19-31)30-20-22-32(23-21-30)37-24-14-11-9-12-15-28(3)5-2/h16-23,26-28H,4-15,24-25H2,1-3H3/t28-/m0/s1. The van der Waals surface area contributed by atoms with Crippen LogP contribution in [0.4, 0.5) is 0 Å². The van der Waals surface area contributed by atoms with Crippen LogP contribution in [0.1, 0.15) is 97.8 Å². The van der Waals surface area contributed by atoms with E-state index in [-0.39, 0.29) is 0 Å². The van der Waals surface area contributed by atoms with Crippen molar-refractivity contribution in [2.45, 2.75) is 97.8 Å². The van der Waals surface area contributed by atoms with Gasteiger partial charge in [0.2, 0.25) is 0 Å². The minimum Gasteiger partial charge on any atom is -0.494 e. The van der Waals surface area contributed by atoms with Crippen LogP contribution in [0.3, 0.4) is 0 Å². The van der Waals surface area contributed by atoms with E-state index in [1.54, 1.807) is 12.4 Å². The monoisotopic (exact) mass is 516 g/mol. The van der Waals surface area contributed by atoms with Gasteiger partial charge in [0.25, 0.3) is 0 Å². The quantitative estimate of drug-likeness (QED) is 0.149. The summed E-state index contributed by atoms with van der Waals surface area (Å²) in [4.78, 5) is 9.03. The molecule has 0 bridgehead atoms. The third-order valence-corrected chi connectivity index (χ3v) is 7.28. The summed E-state index contributed by atoms with van der Waals surface area (Å²) in [5, 5.41) is 0. The van der Waals surface area contributed by atoms with E-state index in [1.807, 2.05) is 0 Å². The molecule has 0 amide bonds. The predicted octanol–water partition coefficient (Wildman–Crippen LogP) is 9.93. The smallest absolute Gasteiger partial charge is 0.159 e. The molecule has 0 aliphatic carbocycles. The normalized spacial score (nSPS) is 11.9. The lowest BCUT2D eigenvalue weighted by molar-refractivity contribution is 0.302. The average molecular weight is 517 g/mol. The van der Waals surface area contributed by atoms with Crippen molar-refractivity contribution < 1.29 is 9.47 Å². The van der Waals surface area contributed by atoms with E-state index >= 15 is 0 Å². The van der Waals surface area contributed by atoms with Gasteiger partial charge in [-0.2, -0.15) is 0 Å². The predicted molar refractivity (Wildman–Crippen MR) is 160 cm³/mol. The van der Waals surface area contributed by atoms with Crippen molar-refractivity contribution in [3.63, 3.8) is 0 Å². The number of hydrogen-bond acceptors (Lipinski definition) is 4. The summed E-state index contributed by atoms with van der Waals surface area (Å²) in [5.41, 5.74) is 3.34. The highest BCUT2D eigenvalue weighted by atomic mass is 16.5. The largest absolute Gasteiger partial charge is 0.494 e. The first kappa shape index (κ1) is 29.7. The van der Waals surface area contributed by atoms with Gasteiger partial charge in [0.05, 0.1) is 25.6 Å². The first-order valence-corrected chi connectivity index (χ1v) is 15.0. The highest BCUT2D eigenvalue weighted by Crippen LogP contribution is 2.25. The zero-order valence-electron chi connectivity index (χ0n) is 24.0. The first-order valence-electron chi connectivity index (χ1n) is 15.0. The molecule has 0 spiro atoms. The van der Waals surface area contributed by atoms with Crippen molar-refractivity contribution in [2.24, 2.45) is 5.92 Å². The summed E-state index contributed by atoms with van der Waals surface area (Å²) in [6.07, 6.45) is 18.8. The van der Waals surface area contributed by atoms with Crippen molar-refractivity contribution in [1.82, 2.24) is 9.97 Å². The lowest BCUT2D eigenvalue weighted by Crippen LogP contribution is -1.99. The Bertz CT molecular complexity index is 1000. The van der Waals surface area contributed by atoms with Gasteiger partial charge >= 0.3 is 0 Å². The van der Waals surface area contributed by atoms with E-state index in [2.05, 4.69) is 79.3 Å². The second-order valence-electron chi connectivity index (χ2n) is 10.5. The third kappa shape index (κ3) is 10.8. The number of unbranched alkanes of at least 4 members (excludes halogenated alkanes) is 8. The molecule has 4 nitrogen and oxygen atoms in total. The third-order valence-electron chi connectivity index (χ3n) is 7.28. The van der Waals surface area contributed by atoms with Gasteiger partial charge in [0, 0.05) is 5.56 Å². The Labute approximate surface area is 231 Å². The van der Waals surface area contributed by atoms with E-state index in [4.69, 9.17) is 9.47 Å². The van der Waals surface area contributed by atoms with Crippen LogP contribution in [0.25, 0.3) is 22.5 Å². The number of rotatable bonds is 19. The Morgan fingerprint density at radius 2 is 1.08 bits per heavy atom. The fourth-order valence-corrected chi connectivity index (χ4v) is 4.51. The van der Waals surface area contributed by atoms with Crippen LogP contribution in [0.2, 0.25) is 0 Å². The highest BCUT2D eigenvalue weighted by molar-refractivity contribution is 5.68. The van der Waals surface area contributed by atoms with Crippen molar-refractivity contribution in [2.75, 3.05) is 13.2 Å². The van der Waals surface area contributed by atoms with Crippen LogP contribution in [-0.4, -0.2) is 23.2 Å². The minimum atomic E-state index is 0.715. The molecule has 0 N–H and O–H groups in total. The van der Waals surface area contributed by atoms with E-state index in [0.29, 0.717) is 5.82 Å². The number of aromatic nitrogens is 2. The van der Waals surface area contributed by atoms with Crippen LogP contribution in [-0.2, 0) is 0 Å². The van der Waals surface area contributed by atoms with Crippen LogP contribution in [0, 0.1) is 5.92 Å². The second kappa shape index (κ2) is 17.6. The Morgan fingerprint density at radius 3 is 1.68 bits per heavy atom. The topological polar surface area (TPSA) is 44.2 Å². The van der Waals surface area contributed by atoms with Gasteiger partial charge in [0.1, 0.15) is 5.75 Å². The van der Waals surface area contributed by atoms with Crippen molar-refractivity contribution >= 4 is 0 Å². The fourth-order valence-electron chi connectivity index (χ4n) is 4.51. The number of benzene rings is 2. The number of hydrogen-bond donors (Lipinski definition) is 0. The van der Waals surface area contributed by atoms with Gasteiger partial charge in [-0.3, -0.25) is 0 Å². The Balaban J connectivity index is 1.38. The molecule has 0 fully saturated rings. The maximum atomic E-state index is 5.96. The van der Waals surface area contributed by atoms with Crippen molar-refractivity contribution in [3.8, 4) is 34.0 Å². The zero-order valence-corrected chi connectivity index (χ0v) is 24.0. The van der Waals surface area contributed by atoms with E-state index < -0.39 is 0 Å². The van der Waals surface area contributed by atoms with Gasteiger partial charge in [-0.15, -0.1) is 0 Å². The SMILES string of the molecule is CCCCCCCCOc1cnc(-c2ccc(-c3ccc(OCCCCCC[C@@H](C)CC)cc3)cc2)nc1. The average Bonchev–Trinajstić information content (AvgIpc) is 2.97. The Hall–Kier alpha value is -2.88. The maximum absolute atomic E-state index is 5.96. The maximum Gasteiger partial charge on any atom is 0.159 e. The van der Waals surface area contributed by atoms with Crippen molar-refractivity contribution in [3.05, 3.63) is 60.9 Å². The van der Waals surface area contributed by atoms with Crippen molar-refractivity contribution in [1.29, 1.82) is 0 Å². The molecule has 1 heterocycles. The molecule has 0 radical (unpaired) electrons. The Morgan fingerprint density at radius 1 is 0.579 bits per heavy atom. The first-order chi connectivity index (χ1) is 18.7. The highest BCUT2D eigenvalue weighted by Gasteiger charge is 2.05. The van der Waals surface area contributed by atoms with Gasteiger partial charge < -0.3 is 9.47 Å². The summed E-state index contributed by atoms with van der Waals surface area (Å²) < 4.78 is 11.8. The van der Waals surface area contributed by atoms with E-state index in [0.717, 1.165) is 49.0 Å². The lowest BCUT2D eigenvalue weighted by atomic mass is 10.0. The van der Waals surface area contributed by atoms with Crippen LogP contribution >= 0.6 is 0 Å². The fraction of sp³-hybridized carbons (Fsp3) is 0.529. The van der Waals surface area contributed by atoms with Crippen LogP contribution in [0.15, 0.2) is 60.9 Å². The van der Waals surface area contributed by atoms with Gasteiger partial charge in [-0.25, -0.2) is 9.97 Å². The molecule has 0 aliphatic heterocycles. The minimum absolute atomic E-state index is 0.715. The molecule has 2 aromatic carbocycles. The van der Waals surface area contributed by atoms with Crippen LogP contribution < -0.4 is 9.47 Å². The summed E-state index contributed by atoms with van der Waals surface area (Å²) in [6.45, 7) is 8.39. The molecule has 0 saturated heterocycles. The molecule has 0 saturated carbocycles. The molecule has 0 aliphatic rings. The van der Waals surface area contributed by atoms with E-state index in [9.17, 15) is 0 Å². The van der Waals surface area contributed by atoms with Crippen LogP contribution in [0.5, 0.6) is 11.5 Å². The van der Waals surface area contributed by atoms with E-state index in [1.165, 1.54) is 75.3 Å². The molecule has 38 heavy (non-hydrogen) atoms. The second-order valence-corrected chi connectivity index (χ2v) is 10.5. The van der Waals surface area contributed by atoms with Gasteiger partial charge in [-0.05, 0) is 42.0 Å². The molecule has 3 aromatic rings. The molecule has 4 heteroatoms. The molecule has 3 rings (SSSR count). The summed E-state index contributed by atoms with van der Waals surface area (Å²) in [5.74, 6) is 3.26. The summed E-state index contributed by atoms with van der Waals surface area (Å²) in [7, 11) is 0. The number of nitrogens with zero attached hydrogens (tertiary/aromatic N) is 2. The zero-order chi connectivity index (χ0) is 26.8. The summed E-state index contributed by atoms with van der Waals surface area (Å²) in [6, 6.07) is 16.8. The Kier molecular flexibility index (Phi) is 13.7. The number of ether oxygens (including phenoxy) is 2. The molecular formula is C34H48N2O2. The molecule has 0 unspecified atom stereocenters. The lowest BCUT2D eigenvalue weighted by Gasteiger charge is -2.09. The molecule has 206 valence electrons.